The maximum atomic E-state index is 5.80. The van der Waals surface area contributed by atoms with Crippen LogP contribution < -0.4 is 10.5 Å². The Morgan fingerprint density at radius 2 is 1.67 bits per heavy atom. The van der Waals surface area contributed by atoms with Crippen molar-refractivity contribution in [2.24, 2.45) is 5.73 Å². The summed E-state index contributed by atoms with van der Waals surface area (Å²) in [5.41, 5.74) is 8.23. The van der Waals surface area contributed by atoms with Crippen molar-refractivity contribution < 1.29 is 4.74 Å². The van der Waals surface area contributed by atoms with E-state index >= 15 is 0 Å². The quantitative estimate of drug-likeness (QED) is 0.871. The molecule has 0 aromatic heterocycles. The van der Waals surface area contributed by atoms with Crippen LogP contribution in [0.25, 0.3) is 0 Å². The Hall–Kier alpha value is -1.80. The van der Waals surface area contributed by atoms with E-state index in [2.05, 4.69) is 12.1 Å². The van der Waals surface area contributed by atoms with Crippen LogP contribution >= 0.6 is 0 Å². The van der Waals surface area contributed by atoms with Gasteiger partial charge in [0.1, 0.15) is 5.75 Å². The van der Waals surface area contributed by atoms with Crippen molar-refractivity contribution in [3.8, 4) is 5.75 Å². The highest BCUT2D eigenvalue weighted by Gasteiger charge is 1.99. The molecule has 0 aliphatic carbocycles. The molecule has 2 heteroatoms. The van der Waals surface area contributed by atoms with Crippen LogP contribution in [0.15, 0.2) is 54.6 Å². The van der Waals surface area contributed by atoms with E-state index in [0.717, 1.165) is 17.7 Å². The molecule has 0 saturated carbocycles. The van der Waals surface area contributed by atoms with Crippen molar-refractivity contribution >= 4 is 0 Å². The number of nitrogens with two attached hydrogens (primary N) is 1. The van der Waals surface area contributed by atoms with Gasteiger partial charge in [0.2, 0.25) is 0 Å². The number of ether oxygens (including phenoxy) is 1. The first kappa shape index (κ1) is 12.7. The smallest absolute Gasteiger partial charge is 0.119 e. The van der Waals surface area contributed by atoms with Crippen LogP contribution in [0.4, 0.5) is 0 Å². The third kappa shape index (κ3) is 3.60. The van der Waals surface area contributed by atoms with E-state index in [1.54, 1.807) is 0 Å². The standard InChI is InChI=1S/C16H19NO/c1-13(17)15-7-9-16(10-8-15)18-12-11-14-5-3-2-4-6-14/h2-10,13H,11-12,17H2,1H3/t13-/m0/s1. The van der Waals surface area contributed by atoms with E-state index < -0.39 is 0 Å². The third-order valence-corrected chi connectivity index (χ3v) is 2.91. The van der Waals surface area contributed by atoms with Gasteiger partial charge in [-0.25, -0.2) is 0 Å². The lowest BCUT2D eigenvalue weighted by Crippen LogP contribution is -2.05. The molecule has 0 heterocycles. The minimum atomic E-state index is 0.0726. The van der Waals surface area contributed by atoms with Gasteiger partial charge in [-0.05, 0) is 30.2 Å². The predicted octanol–water partition coefficient (Wildman–Crippen LogP) is 3.33. The van der Waals surface area contributed by atoms with Gasteiger partial charge in [0.15, 0.2) is 0 Å². The molecule has 94 valence electrons. The van der Waals surface area contributed by atoms with E-state index in [9.17, 15) is 0 Å². The highest BCUT2D eigenvalue weighted by Crippen LogP contribution is 2.16. The van der Waals surface area contributed by atoms with Crippen LogP contribution in [0.3, 0.4) is 0 Å². The lowest BCUT2D eigenvalue weighted by Gasteiger charge is -2.09. The number of hydrogen-bond donors (Lipinski definition) is 1. The fourth-order valence-corrected chi connectivity index (χ4v) is 1.80. The van der Waals surface area contributed by atoms with Crippen LogP contribution in [-0.4, -0.2) is 6.61 Å². The number of benzene rings is 2. The molecule has 2 aromatic rings. The molecule has 0 unspecified atom stereocenters. The molecule has 0 bridgehead atoms. The average molecular weight is 241 g/mol. The molecule has 0 aliphatic rings. The zero-order valence-electron chi connectivity index (χ0n) is 10.7. The summed E-state index contributed by atoms with van der Waals surface area (Å²) in [5, 5.41) is 0. The molecule has 2 N–H and O–H groups in total. The topological polar surface area (TPSA) is 35.2 Å². The van der Waals surface area contributed by atoms with Gasteiger partial charge >= 0.3 is 0 Å². The second-order valence-electron chi connectivity index (χ2n) is 4.44. The maximum absolute atomic E-state index is 5.80. The van der Waals surface area contributed by atoms with Crippen molar-refractivity contribution in [1.29, 1.82) is 0 Å². The zero-order chi connectivity index (χ0) is 12.8. The van der Waals surface area contributed by atoms with Gasteiger partial charge in [0.05, 0.1) is 6.61 Å². The molecule has 18 heavy (non-hydrogen) atoms. The predicted molar refractivity (Wildman–Crippen MR) is 74.7 cm³/mol. The van der Waals surface area contributed by atoms with Crippen LogP contribution in [0.5, 0.6) is 5.75 Å². The summed E-state index contributed by atoms with van der Waals surface area (Å²) < 4.78 is 5.70. The first-order chi connectivity index (χ1) is 8.75. The molecule has 1 atom stereocenters. The Balaban J connectivity index is 1.83. The molecule has 0 radical (unpaired) electrons. The van der Waals surface area contributed by atoms with Gasteiger partial charge in [0.25, 0.3) is 0 Å². The van der Waals surface area contributed by atoms with Crippen LogP contribution in [-0.2, 0) is 6.42 Å². The minimum absolute atomic E-state index is 0.0726. The maximum Gasteiger partial charge on any atom is 0.119 e. The summed E-state index contributed by atoms with van der Waals surface area (Å²) in [4.78, 5) is 0. The molecule has 0 saturated heterocycles. The largest absolute Gasteiger partial charge is 0.493 e. The summed E-state index contributed by atoms with van der Waals surface area (Å²) in [7, 11) is 0. The summed E-state index contributed by atoms with van der Waals surface area (Å²) >= 11 is 0. The Labute approximate surface area is 108 Å². The first-order valence-corrected chi connectivity index (χ1v) is 6.28. The van der Waals surface area contributed by atoms with Crippen molar-refractivity contribution in [3.05, 3.63) is 65.7 Å². The minimum Gasteiger partial charge on any atom is -0.493 e. The number of rotatable bonds is 5. The summed E-state index contributed by atoms with van der Waals surface area (Å²) in [6.45, 7) is 2.67. The van der Waals surface area contributed by atoms with Crippen LogP contribution in [0.2, 0.25) is 0 Å². The molecule has 2 rings (SSSR count). The van der Waals surface area contributed by atoms with E-state index in [1.165, 1.54) is 5.56 Å². The molecule has 0 fully saturated rings. The second kappa shape index (κ2) is 6.22. The molecule has 2 nitrogen and oxygen atoms in total. The van der Waals surface area contributed by atoms with Gasteiger partial charge in [0, 0.05) is 12.5 Å². The van der Waals surface area contributed by atoms with Crippen molar-refractivity contribution in [2.75, 3.05) is 6.61 Å². The molecular weight excluding hydrogens is 222 g/mol. The fourth-order valence-electron chi connectivity index (χ4n) is 1.80. The van der Waals surface area contributed by atoms with Crippen molar-refractivity contribution in [3.63, 3.8) is 0 Å². The van der Waals surface area contributed by atoms with Gasteiger partial charge in [-0.1, -0.05) is 42.5 Å². The molecule has 0 amide bonds. The summed E-state index contributed by atoms with van der Waals surface area (Å²) in [6, 6.07) is 18.4. The van der Waals surface area contributed by atoms with Gasteiger partial charge in [-0.3, -0.25) is 0 Å². The van der Waals surface area contributed by atoms with Crippen LogP contribution in [0.1, 0.15) is 24.1 Å². The van der Waals surface area contributed by atoms with Crippen molar-refractivity contribution in [1.82, 2.24) is 0 Å². The Kier molecular flexibility index (Phi) is 4.37. The second-order valence-corrected chi connectivity index (χ2v) is 4.44. The SMILES string of the molecule is C[C@H](N)c1ccc(OCCc2ccccc2)cc1. The first-order valence-electron chi connectivity index (χ1n) is 6.28. The zero-order valence-corrected chi connectivity index (χ0v) is 10.7. The van der Waals surface area contributed by atoms with Gasteiger partial charge in [-0.2, -0.15) is 0 Å². The fraction of sp³-hybridized carbons (Fsp3) is 0.250. The lowest BCUT2D eigenvalue weighted by molar-refractivity contribution is 0.322. The van der Waals surface area contributed by atoms with Gasteiger partial charge in [-0.15, -0.1) is 0 Å². The Morgan fingerprint density at radius 3 is 2.28 bits per heavy atom. The highest BCUT2D eigenvalue weighted by atomic mass is 16.5. The van der Waals surface area contributed by atoms with E-state index in [1.807, 2.05) is 49.4 Å². The molecular formula is C16H19NO. The summed E-state index contributed by atoms with van der Waals surface area (Å²) in [5.74, 6) is 0.898. The monoisotopic (exact) mass is 241 g/mol. The van der Waals surface area contributed by atoms with Crippen molar-refractivity contribution in [2.45, 2.75) is 19.4 Å². The Morgan fingerprint density at radius 1 is 1.00 bits per heavy atom. The van der Waals surface area contributed by atoms with E-state index in [-0.39, 0.29) is 6.04 Å². The lowest BCUT2D eigenvalue weighted by atomic mass is 10.1. The summed E-state index contributed by atoms with van der Waals surface area (Å²) in [6.07, 6.45) is 0.926. The molecule has 0 aliphatic heterocycles. The van der Waals surface area contributed by atoms with E-state index in [4.69, 9.17) is 10.5 Å². The molecule has 0 spiro atoms. The highest BCUT2D eigenvalue weighted by molar-refractivity contribution is 5.28. The van der Waals surface area contributed by atoms with Gasteiger partial charge < -0.3 is 10.5 Å². The third-order valence-electron chi connectivity index (χ3n) is 2.91. The van der Waals surface area contributed by atoms with E-state index in [0.29, 0.717) is 6.61 Å². The molecule has 2 aromatic carbocycles. The average Bonchev–Trinajstić information content (AvgIpc) is 2.40. The van der Waals surface area contributed by atoms with Crippen LogP contribution in [0, 0.1) is 0 Å². The Bertz CT molecular complexity index is 462. The normalized spacial score (nSPS) is 12.1. The number of hydrogen-bond acceptors (Lipinski definition) is 2.